The molecule has 1 heterocycles. The Balaban J connectivity index is 2.45. The van der Waals surface area contributed by atoms with E-state index in [0.29, 0.717) is 0 Å². The predicted molar refractivity (Wildman–Crippen MR) is 75.7 cm³/mol. The van der Waals surface area contributed by atoms with Crippen molar-refractivity contribution >= 4 is 11.3 Å². The molecule has 2 heteroatoms. The Labute approximate surface area is 108 Å². The fraction of sp³-hybridized carbons (Fsp3) is 0.400. The van der Waals surface area contributed by atoms with Crippen LogP contribution < -0.4 is 0 Å². The molecule has 0 N–H and O–H groups in total. The summed E-state index contributed by atoms with van der Waals surface area (Å²) in [6.45, 7) is 10.9. The SMILES string of the molecule is Cc1nc(-c2ccc(C(C)(C)C)cc2C)cs1. The van der Waals surface area contributed by atoms with Crippen LogP contribution in [-0.2, 0) is 5.41 Å². The lowest BCUT2D eigenvalue weighted by Gasteiger charge is -2.20. The van der Waals surface area contributed by atoms with Crippen LogP contribution in [-0.4, -0.2) is 4.98 Å². The summed E-state index contributed by atoms with van der Waals surface area (Å²) in [4.78, 5) is 4.55. The van der Waals surface area contributed by atoms with Crippen LogP contribution in [0.15, 0.2) is 23.6 Å². The van der Waals surface area contributed by atoms with Crippen LogP contribution in [0, 0.1) is 13.8 Å². The number of benzene rings is 1. The zero-order chi connectivity index (χ0) is 12.6. The molecule has 0 saturated heterocycles. The zero-order valence-electron chi connectivity index (χ0n) is 11.2. The van der Waals surface area contributed by atoms with Gasteiger partial charge in [0.2, 0.25) is 0 Å². The van der Waals surface area contributed by atoms with Gasteiger partial charge in [0.05, 0.1) is 10.7 Å². The molecule has 0 atom stereocenters. The van der Waals surface area contributed by atoms with Crippen molar-refractivity contribution in [3.05, 3.63) is 39.7 Å². The van der Waals surface area contributed by atoms with E-state index < -0.39 is 0 Å². The van der Waals surface area contributed by atoms with Gasteiger partial charge in [0.15, 0.2) is 0 Å². The largest absolute Gasteiger partial charge is 0.242 e. The number of hydrogen-bond acceptors (Lipinski definition) is 2. The first-order chi connectivity index (χ1) is 7.88. The van der Waals surface area contributed by atoms with Gasteiger partial charge in [-0.25, -0.2) is 4.98 Å². The van der Waals surface area contributed by atoms with Crippen molar-refractivity contribution in [2.45, 2.75) is 40.0 Å². The smallest absolute Gasteiger partial charge is 0.0901 e. The van der Waals surface area contributed by atoms with Gasteiger partial charge in [0.25, 0.3) is 0 Å². The third kappa shape index (κ3) is 2.58. The summed E-state index contributed by atoms with van der Waals surface area (Å²) in [5.74, 6) is 0. The van der Waals surface area contributed by atoms with E-state index in [9.17, 15) is 0 Å². The highest BCUT2D eigenvalue weighted by Crippen LogP contribution is 2.29. The molecule has 0 fully saturated rings. The van der Waals surface area contributed by atoms with Crippen molar-refractivity contribution in [3.63, 3.8) is 0 Å². The fourth-order valence-electron chi connectivity index (χ4n) is 1.90. The van der Waals surface area contributed by atoms with Crippen LogP contribution in [0.25, 0.3) is 11.3 Å². The molecule has 0 spiro atoms. The van der Waals surface area contributed by atoms with Crippen molar-refractivity contribution in [1.82, 2.24) is 4.98 Å². The Kier molecular flexibility index (Phi) is 3.09. The number of hydrogen-bond donors (Lipinski definition) is 0. The maximum Gasteiger partial charge on any atom is 0.0901 e. The van der Waals surface area contributed by atoms with Crippen LogP contribution in [0.3, 0.4) is 0 Å². The van der Waals surface area contributed by atoms with Gasteiger partial charge < -0.3 is 0 Å². The Morgan fingerprint density at radius 1 is 1.12 bits per heavy atom. The van der Waals surface area contributed by atoms with Crippen molar-refractivity contribution in [3.8, 4) is 11.3 Å². The predicted octanol–water partition coefficient (Wildman–Crippen LogP) is 4.72. The topological polar surface area (TPSA) is 12.9 Å². The summed E-state index contributed by atoms with van der Waals surface area (Å²) in [5, 5.41) is 3.26. The van der Waals surface area contributed by atoms with E-state index in [1.807, 2.05) is 6.92 Å². The van der Waals surface area contributed by atoms with Crippen molar-refractivity contribution < 1.29 is 0 Å². The Bertz CT molecular complexity index is 532. The second-order valence-corrected chi connectivity index (χ2v) is 6.59. The minimum absolute atomic E-state index is 0.210. The van der Waals surface area contributed by atoms with E-state index in [2.05, 4.69) is 56.3 Å². The standard InChI is InChI=1S/C15H19NS/c1-10-8-12(15(3,4)5)6-7-13(10)14-9-17-11(2)16-14/h6-9H,1-5H3. The quantitative estimate of drug-likeness (QED) is 0.708. The minimum atomic E-state index is 0.210. The van der Waals surface area contributed by atoms with E-state index in [1.165, 1.54) is 16.7 Å². The Morgan fingerprint density at radius 2 is 1.82 bits per heavy atom. The molecule has 0 aliphatic heterocycles. The maximum atomic E-state index is 4.55. The van der Waals surface area contributed by atoms with E-state index in [0.717, 1.165) is 10.7 Å². The molecule has 1 nitrogen and oxygen atoms in total. The van der Waals surface area contributed by atoms with Gasteiger partial charge in [-0.05, 0) is 30.4 Å². The number of rotatable bonds is 1. The average molecular weight is 245 g/mol. The maximum absolute atomic E-state index is 4.55. The highest BCUT2D eigenvalue weighted by Gasteiger charge is 2.15. The summed E-state index contributed by atoms with van der Waals surface area (Å²) < 4.78 is 0. The lowest BCUT2D eigenvalue weighted by atomic mass is 9.85. The summed E-state index contributed by atoms with van der Waals surface area (Å²) in [6.07, 6.45) is 0. The minimum Gasteiger partial charge on any atom is -0.242 e. The first-order valence-electron chi connectivity index (χ1n) is 5.91. The van der Waals surface area contributed by atoms with Gasteiger partial charge in [0, 0.05) is 10.9 Å². The van der Waals surface area contributed by atoms with Gasteiger partial charge in [0.1, 0.15) is 0 Å². The molecule has 1 aromatic carbocycles. The lowest BCUT2D eigenvalue weighted by Crippen LogP contribution is -2.11. The normalized spacial score (nSPS) is 11.8. The molecule has 0 radical (unpaired) electrons. The van der Waals surface area contributed by atoms with Crippen molar-refractivity contribution in [1.29, 1.82) is 0 Å². The Hall–Kier alpha value is -1.15. The molecule has 0 aliphatic rings. The molecular formula is C15H19NS. The van der Waals surface area contributed by atoms with Crippen molar-refractivity contribution in [2.24, 2.45) is 0 Å². The molecule has 0 amide bonds. The molecule has 2 rings (SSSR count). The van der Waals surface area contributed by atoms with Crippen LogP contribution >= 0.6 is 11.3 Å². The molecule has 17 heavy (non-hydrogen) atoms. The van der Waals surface area contributed by atoms with Crippen LogP contribution in [0.4, 0.5) is 0 Å². The number of aromatic nitrogens is 1. The molecule has 0 saturated carbocycles. The first-order valence-corrected chi connectivity index (χ1v) is 6.79. The fourth-order valence-corrected chi connectivity index (χ4v) is 2.52. The highest BCUT2D eigenvalue weighted by atomic mass is 32.1. The van der Waals surface area contributed by atoms with Gasteiger partial charge in [-0.15, -0.1) is 11.3 Å². The van der Waals surface area contributed by atoms with E-state index in [4.69, 9.17) is 0 Å². The monoisotopic (exact) mass is 245 g/mol. The molecule has 2 aromatic rings. The summed E-state index contributed by atoms with van der Waals surface area (Å²) in [7, 11) is 0. The molecule has 1 aromatic heterocycles. The number of aryl methyl sites for hydroxylation is 2. The van der Waals surface area contributed by atoms with Crippen LogP contribution in [0.2, 0.25) is 0 Å². The third-order valence-electron chi connectivity index (χ3n) is 2.99. The Morgan fingerprint density at radius 3 is 2.29 bits per heavy atom. The summed E-state index contributed by atoms with van der Waals surface area (Å²) in [5.41, 5.74) is 5.25. The van der Waals surface area contributed by atoms with Gasteiger partial charge in [-0.3, -0.25) is 0 Å². The number of nitrogens with zero attached hydrogens (tertiary/aromatic N) is 1. The van der Waals surface area contributed by atoms with E-state index in [-0.39, 0.29) is 5.41 Å². The van der Waals surface area contributed by atoms with Crippen LogP contribution in [0.1, 0.15) is 36.9 Å². The molecule has 0 aliphatic carbocycles. The highest BCUT2D eigenvalue weighted by molar-refractivity contribution is 7.09. The summed E-state index contributed by atoms with van der Waals surface area (Å²) in [6, 6.07) is 6.70. The van der Waals surface area contributed by atoms with Gasteiger partial charge in [-0.2, -0.15) is 0 Å². The van der Waals surface area contributed by atoms with Crippen LogP contribution in [0.5, 0.6) is 0 Å². The second kappa shape index (κ2) is 4.26. The van der Waals surface area contributed by atoms with Gasteiger partial charge >= 0.3 is 0 Å². The molecular weight excluding hydrogens is 226 g/mol. The van der Waals surface area contributed by atoms with E-state index in [1.54, 1.807) is 11.3 Å². The molecule has 0 bridgehead atoms. The van der Waals surface area contributed by atoms with Gasteiger partial charge in [-0.1, -0.05) is 39.0 Å². The zero-order valence-corrected chi connectivity index (χ0v) is 12.0. The lowest BCUT2D eigenvalue weighted by molar-refractivity contribution is 0.590. The summed E-state index contributed by atoms with van der Waals surface area (Å²) >= 11 is 1.71. The molecule has 0 unspecified atom stereocenters. The van der Waals surface area contributed by atoms with Crippen molar-refractivity contribution in [2.75, 3.05) is 0 Å². The van der Waals surface area contributed by atoms with E-state index >= 15 is 0 Å². The first kappa shape index (κ1) is 12.3. The molecule has 90 valence electrons. The third-order valence-corrected chi connectivity index (χ3v) is 3.76. The second-order valence-electron chi connectivity index (χ2n) is 5.53. The average Bonchev–Trinajstić information content (AvgIpc) is 2.63. The number of thiazole rings is 1.